The van der Waals surface area contributed by atoms with E-state index < -0.39 is 6.36 Å². The lowest BCUT2D eigenvalue weighted by Crippen LogP contribution is -2.29. The van der Waals surface area contributed by atoms with Gasteiger partial charge in [0.15, 0.2) is 0 Å². The fourth-order valence-corrected chi connectivity index (χ4v) is 3.06. The number of benzene rings is 1. The summed E-state index contributed by atoms with van der Waals surface area (Å²) < 4.78 is 49.3. The van der Waals surface area contributed by atoms with Gasteiger partial charge in [0.1, 0.15) is 11.5 Å². The van der Waals surface area contributed by atoms with Crippen molar-refractivity contribution in [2.24, 2.45) is 5.92 Å². The van der Waals surface area contributed by atoms with E-state index >= 15 is 0 Å². The van der Waals surface area contributed by atoms with Crippen molar-refractivity contribution in [1.29, 1.82) is 0 Å². The van der Waals surface area contributed by atoms with E-state index in [-0.39, 0.29) is 24.1 Å². The van der Waals surface area contributed by atoms with E-state index in [1.54, 1.807) is 12.3 Å². The highest BCUT2D eigenvalue weighted by Crippen LogP contribution is 2.36. The summed E-state index contributed by atoms with van der Waals surface area (Å²) in [5.41, 5.74) is 1.51. The number of hydrogen-bond acceptors (Lipinski definition) is 4. The molecule has 0 aliphatic carbocycles. The minimum Gasteiger partial charge on any atom is -0.493 e. The molecular formula is C19H25ClF3N3O2. The van der Waals surface area contributed by atoms with Crippen molar-refractivity contribution in [2.75, 3.05) is 19.7 Å². The molecule has 0 saturated carbocycles. The van der Waals surface area contributed by atoms with Gasteiger partial charge in [0.05, 0.1) is 18.8 Å². The summed E-state index contributed by atoms with van der Waals surface area (Å²) in [4.78, 5) is 0. The Bertz CT molecular complexity index is 759. The quantitative estimate of drug-likeness (QED) is 0.728. The largest absolute Gasteiger partial charge is 0.573 e. The molecule has 1 saturated heterocycles. The predicted octanol–water partition coefficient (Wildman–Crippen LogP) is 4.83. The van der Waals surface area contributed by atoms with Crippen LogP contribution in [-0.2, 0) is 0 Å². The maximum Gasteiger partial charge on any atom is 0.573 e. The van der Waals surface area contributed by atoms with Crippen molar-refractivity contribution in [1.82, 2.24) is 15.1 Å². The summed E-state index contributed by atoms with van der Waals surface area (Å²) in [6, 6.07) is 4.49. The van der Waals surface area contributed by atoms with Gasteiger partial charge in [-0.2, -0.15) is 5.10 Å². The van der Waals surface area contributed by atoms with Gasteiger partial charge in [-0.3, -0.25) is 4.68 Å². The molecule has 0 spiro atoms. The average molecular weight is 420 g/mol. The number of nitrogens with zero attached hydrogens (tertiary/aromatic N) is 2. The number of piperidine rings is 1. The lowest BCUT2D eigenvalue weighted by molar-refractivity contribution is -0.274. The van der Waals surface area contributed by atoms with Crippen molar-refractivity contribution in [3.63, 3.8) is 0 Å². The van der Waals surface area contributed by atoms with Crippen molar-refractivity contribution in [2.45, 2.75) is 39.1 Å². The van der Waals surface area contributed by atoms with Gasteiger partial charge in [0.2, 0.25) is 0 Å². The predicted molar refractivity (Wildman–Crippen MR) is 103 cm³/mol. The molecule has 0 amide bonds. The standard InChI is InChI=1S/C19H24F3N3O2.ClH/c1-13(2)12-26-18-9-16(27-19(20,21)22)3-4-17(18)14-10-24-25(11-14)15-5-7-23-8-6-15;/h3-4,9-11,13,15,23H,5-8,12H2,1-2H3;1H. The third kappa shape index (κ3) is 6.04. The van der Waals surface area contributed by atoms with Gasteiger partial charge >= 0.3 is 6.36 Å². The van der Waals surface area contributed by atoms with Gasteiger partial charge < -0.3 is 14.8 Å². The molecule has 9 heteroatoms. The highest BCUT2D eigenvalue weighted by atomic mass is 35.5. The summed E-state index contributed by atoms with van der Waals surface area (Å²) in [6.07, 6.45) is 0.908. The van der Waals surface area contributed by atoms with Crippen LogP contribution >= 0.6 is 12.4 Å². The number of ether oxygens (including phenoxy) is 2. The summed E-state index contributed by atoms with van der Waals surface area (Å²) in [5, 5.41) is 7.77. The summed E-state index contributed by atoms with van der Waals surface area (Å²) in [6.45, 7) is 6.25. The van der Waals surface area contributed by atoms with Crippen molar-refractivity contribution in [3.05, 3.63) is 30.6 Å². The second-order valence-electron chi connectivity index (χ2n) is 7.10. The zero-order chi connectivity index (χ0) is 19.4. The topological polar surface area (TPSA) is 48.3 Å². The molecule has 2 aromatic rings. The Hall–Kier alpha value is -1.93. The molecule has 1 N–H and O–H groups in total. The third-order valence-corrected chi connectivity index (χ3v) is 4.35. The fraction of sp³-hybridized carbons (Fsp3) is 0.526. The van der Waals surface area contributed by atoms with Crippen LogP contribution < -0.4 is 14.8 Å². The molecule has 28 heavy (non-hydrogen) atoms. The summed E-state index contributed by atoms with van der Waals surface area (Å²) >= 11 is 0. The number of hydrogen-bond donors (Lipinski definition) is 1. The average Bonchev–Trinajstić information content (AvgIpc) is 3.09. The zero-order valence-electron chi connectivity index (χ0n) is 15.8. The van der Waals surface area contributed by atoms with Crippen molar-refractivity contribution >= 4 is 12.4 Å². The molecule has 156 valence electrons. The molecule has 0 radical (unpaired) electrons. The Labute approximate surface area is 168 Å². The van der Waals surface area contributed by atoms with E-state index in [4.69, 9.17) is 4.74 Å². The van der Waals surface area contributed by atoms with Gasteiger partial charge in [0.25, 0.3) is 0 Å². The molecule has 0 unspecified atom stereocenters. The highest BCUT2D eigenvalue weighted by molar-refractivity contribution is 5.85. The number of aromatic nitrogens is 2. The first-order chi connectivity index (χ1) is 12.8. The van der Waals surface area contributed by atoms with Gasteiger partial charge in [-0.05, 0) is 44.0 Å². The minimum atomic E-state index is -4.74. The molecule has 3 rings (SSSR count). The fourth-order valence-electron chi connectivity index (χ4n) is 3.06. The van der Waals surface area contributed by atoms with Crippen LogP contribution in [0.5, 0.6) is 11.5 Å². The van der Waals surface area contributed by atoms with Crippen LogP contribution in [0.2, 0.25) is 0 Å². The number of alkyl halides is 3. The van der Waals surface area contributed by atoms with Crippen LogP contribution in [0.25, 0.3) is 11.1 Å². The van der Waals surface area contributed by atoms with Crippen LogP contribution in [0.4, 0.5) is 13.2 Å². The molecular weight excluding hydrogens is 395 g/mol. The number of halogens is 4. The van der Waals surface area contributed by atoms with E-state index in [0.29, 0.717) is 24.0 Å². The zero-order valence-corrected chi connectivity index (χ0v) is 16.6. The Morgan fingerprint density at radius 3 is 2.61 bits per heavy atom. The second kappa shape index (κ2) is 9.52. The first-order valence-corrected chi connectivity index (χ1v) is 9.09. The molecule has 1 aliphatic rings. The number of nitrogens with one attached hydrogen (secondary N) is 1. The van der Waals surface area contributed by atoms with E-state index in [9.17, 15) is 13.2 Å². The van der Waals surface area contributed by atoms with Gasteiger partial charge in [-0.1, -0.05) is 13.8 Å². The maximum absolute atomic E-state index is 12.5. The Morgan fingerprint density at radius 2 is 1.96 bits per heavy atom. The van der Waals surface area contributed by atoms with Crippen LogP contribution in [0, 0.1) is 5.92 Å². The van der Waals surface area contributed by atoms with Gasteiger partial charge in [-0.25, -0.2) is 0 Å². The number of rotatable bonds is 6. The van der Waals surface area contributed by atoms with E-state index in [2.05, 4.69) is 15.2 Å². The molecule has 1 aromatic heterocycles. The molecule has 1 fully saturated rings. The molecule has 5 nitrogen and oxygen atoms in total. The Morgan fingerprint density at radius 1 is 1.25 bits per heavy atom. The van der Waals surface area contributed by atoms with Crippen LogP contribution in [0.15, 0.2) is 30.6 Å². The van der Waals surface area contributed by atoms with E-state index in [1.165, 1.54) is 12.1 Å². The molecule has 0 bridgehead atoms. The smallest absolute Gasteiger partial charge is 0.493 e. The van der Waals surface area contributed by atoms with Crippen LogP contribution in [-0.4, -0.2) is 35.8 Å². The van der Waals surface area contributed by atoms with Gasteiger partial charge in [-0.15, -0.1) is 25.6 Å². The van der Waals surface area contributed by atoms with Gasteiger partial charge in [0, 0.05) is 23.4 Å². The summed E-state index contributed by atoms with van der Waals surface area (Å²) in [7, 11) is 0. The normalized spacial score (nSPS) is 15.4. The third-order valence-electron chi connectivity index (χ3n) is 4.35. The maximum atomic E-state index is 12.5. The molecule has 1 aromatic carbocycles. The molecule has 0 atom stereocenters. The SMILES string of the molecule is CC(C)COc1cc(OC(F)(F)F)ccc1-c1cnn(C2CCNCC2)c1.Cl. The lowest BCUT2D eigenvalue weighted by Gasteiger charge is -2.22. The Kier molecular flexibility index (Phi) is 7.60. The lowest BCUT2D eigenvalue weighted by atomic mass is 10.1. The second-order valence-corrected chi connectivity index (χ2v) is 7.10. The van der Waals surface area contributed by atoms with Crippen LogP contribution in [0.3, 0.4) is 0 Å². The summed E-state index contributed by atoms with van der Waals surface area (Å²) in [5.74, 6) is 0.300. The Balaban J connectivity index is 0.00000280. The minimum absolute atomic E-state index is 0. The van der Waals surface area contributed by atoms with E-state index in [1.807, 2.05) is 24.7 Å². The first kappa shape index (κ1) is 22.4. The first-order valence-electron chi connectivity index (χ1n) is 9.09. The van der Waals surface area contributed by atoms with Crippen LogP contribution in [0.1, 0.15) is 32.7 Å². The highest BCUT2D eigenvalue weighted by Gasteiger charge is 2.31. The molecule has 1 aliphatic heterocycles. The monoisotopic (exact) mass is 419 g/mol. The van der Waals surface area contributed by atoms with Crippen molar-refractivity contribution < 1.29 is 22.6 Å². The molecule has 2 heterocycles. The van der Waals surface area contributed by atoms with Crippen molar-refractivity contribution in [3.8, 4) is 22.6 Å². The van der Waals surface area contributed by atoms with E-state index in [0.717, 1.165) is 31.5 Å².